The first kappa shape index (κ1) is 26.4. The van der Waals surface area contributed by atoms with E-state index in [-0.39, 0.29) is 18.1 Å². The smallest absolute Gasteiger partial charge is 0.258 e. The number of hydrogen-bond donors (Lipinski definition) is 2. The summed E-state index contributed by atoms with van der Waals surface area (Å²) < 4.78 is 13.1. The Morgan fingerprint density at radius 2 is 1.88 bits per heavy atom. The lowest BCUT2D eigenvalue weighted by molar-refractivity contribution is 0.0342. The number of nitrogens with one attached hydrogen (secondary N) is 1. The number of hydrogen-bond acceptors (Lipinski definition) is 7. The van der Waals surface area contributed by atoms with Crippen molar-refractivity contribution in [3.8, 4) is 17.0 Å². The van der Waals surface area contributed by atoms with Crippen LogP contribution in [0.15, 0.2) is 60.8 Å². The molecular formula is C31H35N5O4. The number of ether oxygens (including phenoxy) is 2. The summed E-state index contributed by atoms with van der Waals surface area (Å²) in [5.74, 6) is 0.974. The normalized spacial score (nSPS) is 19.9. The number of anilines is 1. The fraction of sp³-hybridized carbons (Fsp3) is 0.387. The van der Waals surface area contributed by atoms with E-state index in [1.54, 1.807) is 25.4 Å². The molecule has 1 saturated carbocycles. The van der Waals surface area contributed by atoms with Crippen LogP contribution in [0.5, 0.6) is 5.75 Å². The number of methoxy groups -OCH3 is 1. The Labute approximate surface area is 233 Å². The highest BCUT2D eigenvalue weighted by Gasteiger charge is 2.26. The van der Waals surface area contributed by atoms with Gasteiger partial charge in [-0.25, -0.2) is 4.98 Å². The molecule has 1 aliphatic carbocycles. The van der Waals surface area contributed by atoms with Gasteiger partial charge in [0.2, 0.25) is 5.95 Å². The minimum atomic E-state index is -0.269. The maximum Gasteiger partial charge on any atom is 0.258 e. The zero-order valence-electron chi connectivity index (χ0n) is 22.8. The molecule has 1 amide bonds. The summed E-state index contributed by atoms with van der Waals surface area (Å²) in [5, 5.41) is 13.2. The maximum absolute atomic E-state index is 13.6. The number of rotatable bonds is 7. The molecule has 2 aromatic carbocycles. The van der Waals surface area contributed by atoms with Gasteiger partial charge in [0.15, 0.2) is 0 Å². The van der Waals surface area contributed by atoms with Crippen molar-refractivity contribution >= 4 is 22.9 Å². The number of aliphatic hydroxyl groups is 1. The molecule has 0 atom stereocenters. The van der Waals surface area contributed by atoms with Crippen molar-refractivity contribution in [1.82, 2.24) is 19.4 Å². The number of pyridine rings is 1. The Balaban J connectivity index is 1.31. The van der Waals surface area contributed by atoms with E-state index in [2.05, 4.69) is 38.0 Å². The summed E-state index contributed by atoms with van der Waals surface area (Å²) in [6, 6.07) is 17.7. The van der Waals surface area contributed by atoms with Crippen LogP contribution in [-0.4, -0.2) is 70.0 Å². The average Bonchev–Trinajstić information content (AvgIpc) is 3.35. The predicted octanol–water partition coefficient (Wildman–Crippen LogP) is 4.67. The van der Waals surface area contributed by atoms with Gasteiger partial charge in [-0.15, -0.1) is 0 Å². The molecule has 9 nitrogen and oxygen atoms in total. The lowest BCUT2D eigenvalue weighted by Gasteiger charge is -2.28. The maximum atomic E-state index is 13.6. The standard InChI is InChI=1S/C31H35N5O4/c1-39-29-5-3-2-4-25(29)26-19-22(12-13-32-26)30(38)34-31-33-27-18-21(20-35-14-16-40-17-15-35)6-11-28(27)36(31)23-7-9-24(37)10-8-23/h2-6,11-13,18-19,23-24,37H,7-10,14-17,20H2,1H3,(H,33,34,38). The van der Waals surface area contributed by atoms with Crippen LogP contribution in [-0.2, 0) is 11.3 Å². The first-order valence-corrected chi connectivity index (χ1v) is 14.0. The first-order chi connectivity index (χ1) is 19.6. The number of carbonyl (C=O) groups is 1. The van der Waals surface area contributed by atoms with Crippen LogP contribution in [0.1, 0.15) is 47.6 Å². The summed E-state index contributed by atoms with van der Waals surface area (Å²) in [6.07, 6.45) is 4.50. The number of imidazole rings is 1. The van der Waals surface area contributed by atoms with Crippen LogP contribution in [0.3, 0.4) is 0 Å². The second kappa shape index (κ2) is 11.8. The number of aliphatic hydroxyl groups excluding tert-OH is 1. The quantitative estimate of drug-likeness (QED) is 0.351. The van der Waals surface area contributed by atoms with Crippen molar-refractivity contribution in [3.05, 3.63) is 71.9 Å². The van der Waals surface area contributed by atoms with E-state index in [9.17, 15) is 9.90 Å². The number of aromatic nitrogens is 3. The summed E-state index contributed by atoms with van der Waals surface area (Å²) in [6.45, 7) is 4.19. The molecule has 6 rings (SSSR count). The minimum absolute atomic E-state index is 0.148. The van der Waals surface area contributed by atoms with Crippen molar-refractivity contribution in [2.75, 3.05) is 38.7 Å². The molecule has 9 heteroatoms. The van der Waals surface area contributed by atoms with Gasteiger partial charge < -0.3 is 19.1 Å². The Bertz CT molecular complexity index is 1490. The van der Waals surface area contributed by atoms with Gasteiger partial charge in [-0.05, 0) is 67.6 Å². The van der Waals surface area contributed by atoms with Crippen LogP contribution in [0.25, 0.3) is 22.3 Å². The molecule has 1 aliphatic heterocycles. The number of morpholine rings is 1. The average molecular weight is 542 g/mol. The third-order valence-corrected chi connectivity index (χ3v) is 7.93. The van der Waals surface area contributed by atoms with Crippen molar-refractivity contribution in [2.24, 2.45) is 0 Å². The van der Waals surface area contributed by atoms with E-state index in [0.717, 1.165) is 75.1 Å². The molecule has 2 aromatic heterocycles. The minimum Gasteiger partial charge on any atom is -0.496 e. The van der Waals surface area contributed by atoms with E-state index in [4.69, 9.17) is 14.5 Å². The van der Waals surface area contributed by atoms with E-state index in [1.807, 2.05) is 24.3 Å². The lowest BCUT2D eigenvalue weighted by Crippen LogP contribution is -2.35. The third kappa shape index (κ3) is 5.58. The van der Waals surface area contributed by atoms with Crippen LogP contribution in [0, 0.1) is 0 Å². The zero-order chi connectivity index (χ0) is 27.5. The Morgan fingerprint density at radius 1 is 1.07 bits per heavy atom. The number of carbonyl (C=O) groups excluding carboxylic acids is 1. The van der Waals surface area contributed by atoms with Gasteiger partial charge in [0.25, 0.3) is 5.91 Å². The molecule has 0 radical (unpaired) electrons. The largest absolute Gasteiger partial charge is 0.496 e. The van der Waals surface area contributed by atoms with Crippen LogP contribution >= 0.6 is 0 Å². The fourth-order valence-corrected chi connectivity index (χ4v) is 5.78. The van der Waals surface area contributed by atoms with Crippen molar-refractivity contribution in [2.45, 2.75) is 44.4 Å². The zero-order valence-corrected chi connectivity index (χ0v) is 22.8. The Morgan fingerprint density at radius 3 is 2.67 bits per heavy atom. The van der Waals surface area contributed by atoms with Crippen molar-refractivity contribution < 1.29 is 19.4 Å². The van der Waals surface area contributed by atoms with Crippen molar-refractivity contribution in [1.29, 1.82) is 0 Å². The van der Waals surface area contributed by atoms with Crippen LogP contribution in [0.4, 0.5) is 5.95 Å². The van der Waals surface area contributed by atoms with Crippen LogP contribution in [0.2, 0.25) is 0 Å². The highest BCUT2D eigenvalue weighted by molar-refractivity contribution is 6.04. The van der Waals surface area contributed by atoms with E-state index >= 15 is 0 Å². The molecule has 208 valence electrons. The fourth-order valence-electron chi connectivity index (χ4n) is 5.78. The molecule has 0 spiro atoms. The summed E-state index contributed by atoms with van der Waals surface area (Å²) in [4.78, 5) is 25.4. The number of nitrogens with zero attached hydrogens (tertiary/aromatic N) is 4. The number of amides is 1. The van der Waals surface area contributed by atoms with Gasteiger partial charge >= 0.3 is 0 Å². The third-order valence-electron chi connectivity index (χ3n) is 7.93. The van der Waals surface area contributed by atoms with Crippen LogP contribution < -0.4 is 10.1 Å². The molecule has 40 heavy (non-hydrogen) atoms. The summed E-state index contributed by atoms with van der Waals surface area (Å²) in [5.41, 5.74) is 5.00. The van der Waals surface area contributed by atoms with Gasteiger partial charge in [0.05, 0.1) is 43.2 Å². The molecule has 3 heterocycles. The van der Waals surface area contributed by atoms with Gasteiger partial charge in [-0.2, -0.15) is 0 Å². The Hall–Kier alpha value is -3.79. The van der Waals surface area contributed by atoms with Gasteiger partial charge in [0, 0.05) is 43.0 Å². The monoisotopic (exact) mass is 541 g/mol. The van der Waals surface area contributed by atoms with E-state index in [0.29, 0.717) is 23.0 Å². The molecule has 1 saturated heterocycles. The lowest BCUT2D eigenvalue weighted by atomic mass is 9.93. The van der Waals surface area contributed by atoms with Gasteiger partial charge in [-0.1, -0.05) is 18.2 Å². The molecule has 4 aromatic rings. The first-order valence-electron chi connectivity index (χ1n) is 14.0. The molecule has 0 unspecified atom stereocenters. The number of fused-ring (bicyclic) bond motifs is 1. The number of para-hydroxylation sites is 1. The molecule has 2 N–H and O–H groups in total. The molecule has 2 fully saturated rings. The predicted molar refractivity (Wildman–Crippen MR) is 154 cm³/mol. The molecule has 2 aliphatic rings. The number of benzene rings is 2. The second-order valence-corrected chi connectivity index (χ2v) is 10.6. The Kier molecular flexibility index (Phi) is 7.77. The van der Waals surface area contributed by atoms with Gasteiger partial charge in [0.1, 0.15) is 5.75 Å². The molecular weight excluding hydrogens is 506 g/mol. The SMILES string of the molecule is COc1ccccc1-c1cc(C(=O)Nc2nc3cc(CN4CCOCC4)ccc3n2C2CCC(O)CC2)ccn1. The van der Waals surface area contributed by atoms with Crippen molar-refractivity contribution in [3.63, 3.8) is 0 Å². The highest BCUT2D eigenvalue weighted by atomic mass is 16.5. The van der Waals surface area contributed by atoms with E-state index in [1.165, 1.54) is 5.56 Å². The van der Waals surface area contributed by atoms with Gasteiger partial charge in [-0.3, -0.25) is 20.0 Å². The highest BCUT2D eigenvalue weighted by Crippen LogP contribution is 2.35. The molecule has 0 bridgehead atoms. The topological polar surface area (TPSA) is 102 Å². The van der Waals surface area contributed by atoms with E-state index < -0.39 is 0 Å². The summed E-state index contributed by atoms with van der Waals surface area (Å²) >= 11 is 0. The second-order valence-electron chi connectivity index (χ2n) is 10.6. The summed E-state index contributed by atoms with van der Waals surface area (Å²) in [7, 11) is 1.62.